The average molecular weight is 278 g/mol. The monoisotopic (exact) mass is 278 g/mol. The Morgan fingerprint density at radius 2 is 2.11 bits per heavy atom. The smallest absolute Gasteiger partial charge is 0.310 e. The van der Waals surface area contributed by atoms with Crippen LogP contribution in [0.5, 0.6) is 0 Å². The van der Waals surface area contributed by atoms with Crippen molar-refractivity contribution >= 4 is 17.7 Å². The van der Waals surface area contributed by atoms with Crippen LogP contribution >= 0.6 is 11.8 Å². The first-order chi connectivity index (χ1) is 9.11. The molecule has 0 spiro atoms. The summed E-state index contributed by atoms with van der Waals surface area (Å²) in [7, 11) is 0. The van der Waals surface area contributed by atoms with Gasteiger partial charge in [0.05, 0.1) is 5.92 Å². The number of aliphatic carboxylic acids is 1. The zero-order valence-electron chi connectivity index (χ0n) is 11.7. The maximum atomic E-state index is 11.5. The SMILES string of the molecule is CSc1ccc([C@@H](CC2CCCC2)C(=O)O)cc1C. The molecule has 1 fully saturated rings. The number of rotatable bonds is 5. The number of aryl methyl sites for hydroxylation is 1. The van der Waals surface area contributed by atoms with Gasteiger partial charge < -0.3 is 5.11 Å². The molecule has 1 N–H and O–H groups in total. The largest absolute Gasteiger partial charge is 0.481 e. The van der Waals surface area contributed by atoms with E-state index in [1.54, 1.807) is 11.8 Å². The summed E-state index contributed by atoms with van der Waals surface area (Å²) in [5.74, 6) is -0.414. The Kier molecular flexibility index (Phi) is 4.92. The Labute approximate surface area is 119 Å². The lowest BCUT2D eigenvalue weighted by Crippen LogP contribution is -2.15. The topological polar surface area (TPSA) is 37.3 Å². The van der Waals surface area contributed by atoms with E-state index in [-0.39, 0.29) is 5.92 Å². The zero-order valence-corrected chi connectivity index (χ0v) is 12.5. The molecule has 1 atom stereocenters. The van der Waals surface area contributed by atoms with E-state index in [0.29, 0.717) is 5.92 Å². The predicted octanol–water partition coefficient (Wildman–Crippen LogP) is 4.47. The van der Waals surface area contributed by atoms with Crippen molar-refractivity contribution in [3.05, 3.63) is 29.3 Å². The van der Waals surface area contributed by atoms with Gasteiger partial charge in [-0.2, -0.15) is 0 Å². The van der Waals surface area contributed by atoms with E-state index in [2.05, 4.69) is 25.3 Å². The number of carbonyl (C=O) groups is 1. The molecule has 1 aliphatic rings. The number of carboxylic acid groups (broad SMARTS) is 1. The van der Waals surface area contributed by atoms with Crippen LogP contribution in [-0.4, -0.2) is 17.3 Å². The first-order valence-corrected chi connectivity index (χ1v) is 8.21. The van der Waals surface area contributed by atoms with Crippen LogP contribution in [-0.2, 0) is 4.79 Å². The van der Waals surface area contributed by atoms with Gasteiger partial charge in [0.15, 0.2) is 0 Å². The van der Waals surface area contributed by atoms with Crippen LogP contribution < -0.4 is 0 Å². The summed E-state index contributed by atoms with van der Waals surface area (Å²) in [5.41, 5.74) is 2.15. The van der Waals surface area contributed by atoms with E-state index in [4.69, 9.17) is 0 Å². The van der Waals surface area contributed by atoms with Crippen molar-refractivity contribution in [3.8, 4) is 0 Å². The lowest BCUT2D eigenvalue weighted by Gasteiger charge is -2.18. The minimum Gasteiger partial charge on any atom is -0.481 e. The fourth-order valence-corrected chi connectivity index (χ4v) is 3.66. The van der Waals surface area contributed by atoms with E-state index in [1.165, 1.54) is 36.1 Å². The summed E-state index contributed by atoms with van der Waals surface area (Å²) in [6.45, 7) is 2.06. The third-order valence-corrected chi connectivity index (χ3v) is 5.06. The lowest BCUT2D eigenvalue weighted by atomic mass is 9.87. The molecule has 0 heterocycles. The summed E-state index contributed by atoms with van der Waals surface area (Å²) in [5, 5.41) is 9.50. The Hall–Kier alpha value is -0.960. The summed E-state index contributed by atoms with van der Waals surface area (Å²) in [4.78, 5) is 12.8. The van der Waals surface area contributed by atoms with Crippen molar-refractivity contribution < 1.29 is 9.90 Å². The highest BCUT2D eigenvalue weighted by Gasteiger charge is 2.26. The molecule has 1 saturated carbocycles. The predicted molar refractivity (Wildman–Crippen MR) is 79.9 cm³/mol. The molecule has 0 aliphatic heterocycles. The number of benzene rings is 1. The normalized spacial score (nSPS) is 17.6. The van der Waals surface area contributed by atoms with Crippen LogP contribution in [0, 0.1) is 12.8 Å². The first kappa shape index (κ1) is 14.4. The second-order valence-corrected chi connectivity index (χ2v) is 6.35. The fourth-order valence-electron chi connectivity index (χ4n) is 3.08. The standard InChI is InChI=1S/C16H22O2S/c1-11-9-13(7-8-15(11)19-2)14(16(17)18)10-12-5-3-4-6-12/h7-9,12,14H,3-6,10H2,1-2H3,(H,17,18)/t14-/m1/s1. The molecule has 1 aliphatic carbocycles. The summed E-state index contributed by atoms with van der Waals surface area (Å²) in [6.07, 6.45) is 7.78. The molecular weight excluding hydrogens is 256 g/mol. The second-order valence-electron chi connectivity index (χ2n) is 5.51. The molecule has 0 radical (unpaired) electrons. The number of hydrogen-bond donors (Lipinski definition) is 1. The molecule has 1 aromatic rings. The van der Waals surface area contributed by atoms with Crippen molar-refractivity contribution in [1.29, 1.82) is 0 Å². The molecule has 3 heteroatoms. The van der Waals surface area contributed by atoms with Crippen molar-refractivity contribution in [3.63, 3.8) is 0 Å². The second kappa shape index (κ2) is 6.47. The third kappa shape index (κ3) is 3.53. The molecule has 2 rings (SSSR count). The van der Waals surface area contributed by atoms with Gasteiger partial charge in [0, 0.05) is 4.90 Å². The Balaban J connectivity index is 2.18. The van der Waals surface area contributed by atoms with E-state index >= 15 is 0 Å². The molecule has 104 valence electrons. The minimum atomic E-state index is -0.678. The molecule has 0 aromatic heterocycles. The van der Waals surface area contributed by atoms with E-state index < -0.39 is 5.97 Å². The zero-order chi connectivity index (χ0) is 13.8. The maximum Gasteiger partial charge on any atom is 0.310 e. The van der Waals surface area contributed by atoms with Gasteiger partial charge in [-0.3, -0.25) is 4.79 Å². The molecule has 1 aromatic carbocycles. The van der Waals surface area contributed by atoms with E-state index in [9.17, 15) is 9.90 Å². The lowest BCUT2D eigenvalue weighted by molar-refractivity contribution is -0.139. The van der Waals surface area contributed by atoms with Gasteiger partial charge in [-0.15, -0.1) is 11.8 Å². The number of thioether (sulfide) groups is 1. The first-order valence-electron chi connectivity index (χ1n) is 6.99. The van der Waals surface area contributed by atoms with Gasteiger partial charge in [0.1, 0.15) is 0 Å². The third-order valence-electron chi connectivity index (χ3n) is 4.16. The molecule has 19 heavy (non-hydrogen) atoms. The highest BCUT2D eigenvalue weighted by Crippen LogP contribution is 2.35. The Bertz CT molecular complexity index is 450. The van der Waals surface area contributed by atoms with E-state index in [1.807, 2.05) is 6.07 Å². The van der Waals surface area contributed by atoms with Gasteiger partial charge in [-0.25, -0.2) is 0 Å². The van der Waals surface area contributed by atoms with Gasteiger partial charge in [0.25, 0.3) is 0 Å². The summed E-state index contributed by atoms with van der Waals surface area (Å²) < 4.78 is 0. The molecule has 0 saturated heterocycles. The summed E-state index contributed by atoms with van der Waals surface area (Å²) in [6, 6.07) is 6.10. The van der Waals surface area contributed by atoms with Crippen LogP contribution in [0.2, 0.25) is 0 Å². The average Bonchev–Trinajstić information content (AvgIpc) is 2.88. The van der Waals surface area contributed by atoms with Gasteiger partial charge in [0.2, 0.25) is 0 Å². The van der Waals surface area contributed by atoms with Crippen LogP contribution in [0.15, 0.2) is 23.1 Å². The van der Waals surface area contributed by atoms with Gasteiger partial charge in [-0.05, 0) is 42.7 Å². The van der Waals surface area contributed by atoms with Crippen LogP contribution in [0.1, 0.15) is 49.1 Å². The molecule has 2 nitrogen and oxygen atoms in total. The number of carboxylic acids is 1. The van der Waals surface area contributed by atoms with Crippen LogP contribution in [0.25, 0.3) is 0 Å². The van der Waals surface area contributed by atoms with Crippen molar-refractivity contribution in [2.45, 2.75) is 49.8 Å². The molecule has 0 unspecified atom stereocenters. The fraction of sp³-hybridized carbons (Fsp3) is 0.562. The molecule has 0 amide bonds. The van der Waals surface area contributed by atoms with Gasteiger partial charge in [-0.1, -0.05) is 37.8 Å². The van der Waals surface area contributed by atoms with Crippen molar-refractivity contribution in [2.24, 2.45) is 5.92 Å². The van der Waals surface area contributed by atoms with Crippen molar-refractivity contribution in [2.75, 3.05) is 6.26 Å². The summed E-state index contributed by atoms with van der Waals surface area (Å²) >= 11 is 1.71. The Morgan fingerprint density at radius 3 is 2.63 bits per heavy atom. The quantitative estimate of drug-likeness (QED) is 0.808. The van der Waals surface area contributed by atoms with Crippen molar-refractivity contribution in [1.82, 2.24) is 0 Å². The Morgan fingerprint density at radius 1 is 1.42 bits per heavy atom. The highest BCUT2D eigenvalue weighted by molar-refractivity contribution is 7.98. The van der Waals surface area contributed by atoms with Crippen LogP contribution in [0.3, 0.4) is 0 Å². The highest BCUT2D eigenvalue weighted by atomic mass is 32.2. The minimum absolute atomic E-state index is 0.335. The van der Waals surface area contributed by atoms with Crippen LogP contribution in [0.4, 0.5) is 0 Å². The maximum absolute atomic E-state index is 11.5. The molecule has 0 bridgehead atoms. The number of hydrogen-bond acceptors (Lipinski definition) is 2. The van der Waals surface area contributed by atoms with Gasteiger partial charge >= 0.3 is 5.97 Å². The molecular formula is C16H22O2S. The van der Waals surface area contributed by atoms with E-state index in [0.717, 1.165) is 12.0 Å².